The number of rotatable bonds is 6. The second kappa shape index (κ2) is 9.72. The van der Waals surface area contributed by atoms with E-state index in [-0.39, 0.29) is 24.9 Å². The van der Waals surface area contributed by atoms with E-state index in [2.05, 4.69) is 29.6 Å². The molecule has 0 aromatic heterocycles. The number of benzene rings is 2. The molecule has 2 N–H and O–H groups in total. The number of amides is 2. The van der Waals surface area contributed by atoms with Crippen molar-refractivity contribution in [2.24, 2.45) is 0 Å². The fourth-order valence-corrected chi connectivity index (χ4v) is 6.13. The molecule has 7 nitrogen and oxygen atoms in total. The van der Waals surface area contributed by atoms with Crippen molar-refractivity contribution in [3.05, 3.63) is 59.7 Å². The Morgan fingerprint density at radius 1 is 0.943 bits per heavy atom. The van der Waals surface area contributed by atoms with Crippen molar-refractivity contribution in [1.29, 1.82) is 0 Å². The minimum atomic E-state index is -0.956. The summed E-state index contributed by atoms with van der Waals surface area (Å²) in [6.45, 7) is 0.675. The minimum absolute atomic E-state index is 0.0287. The van der Waals surface area contributed by atoms with Crippen LogP contribution >= 0.6 is 0 Å². The van der Waals surface area contributed by atoms with Gasteiger partial charge in [0.05, 0.1) is 12.0 Å². The highest BCUT2D eigenvalue weighted by molar-refractivity contribution is 5.85. The molecule has 2 aromatic rings. The molecule has 2 aliphatic carbocycles. The number of carboxylic acids is 1. The van der Waals surface area contributed by atoms with Crippen LogP contribution in [0.2, 0.25) is 0 Å². The lowest BCUT2D eigenvalue weighted by molar-refractivity contribution is -0.152. The van der Waals surface area contributed by atoms with Gasteiger partial charge in [-0.25, -0.2) is 9.59 Å². The Kier molecular flexibility index (Phi) is 6.50. The highest BCUT2D eigenvalue weighted by Gasteiger charge is 2.41. The third-order valence-corrected chi connectivity index (χ3v) is 7.87. The highest BCUT2D eigenvalue weighted by atomic mass is 16.5. The molecule has 5 rings (SSSR count). The summed E-state index contributed by atoms with van der Waals surface area (Å²) in [7, 11) is 0. The fraction of sp³-hybridized carbons (Fsp3) is 0.464. The number of nitrogens with zero attached hydrogens (tertiary/aromatic N) is 1. The Hall–Kier alpha value is -3.35. The largest absolute Gasteiger partial charge is 0.480 e. The number of ether oxygens (including phenoxy) is 1. The SMILES string of the molecule is O=C(NC1(CC(=O)N2CCCC[C@H]2C(=O)O)CCCC1)OCC1c2ccccc2-c2ccccc21. The first-order valence-electron chi connectivity index (χ1n) is 12.6. The van der Waals surface area contributed by atoms with Crippen molar-refractivity contribution in [2.45, 2.75) is 68.9 Å². The molecule has 1 saturated carbocycles. The van der Waals surface area contributed by atoms with Crippen LogP contribution in [0.15, 0.2) is 48.5 Å². The summed E-state index contributed by atoms with van der Waals surface area (Å²) in [6.07, 6.45) is 4.90. The second-order valence-electron chi connectivity index (χ2n) is 10.1. The molecule has 184 valence electrons. The molecule has 0 bridgehead atoms. The monoisotopic (exact) mass is 476 g/mol. The molecule has 0 spiro atoms. The average molecular weight is 477 g/mol. The third kappa shape index (κ3) is 4.64. The van der Waals surface area contributed by atoms with E-state index in [0.717, 1.165) is 36.8 Å². The van der Waals surface area contributed by atoms with E-state index < -0.39 is 23.6 Å². The molecule has 1 aliphatic heterocycles. The van der Waals surface area contributed by atoms with Crippen LogP contribution in [0.5, 0.6) is 0 Å². The number of carbonyl (C=O) groups excluding carboxylic acids is 2. The first-order chi connectivity index (χ1) is 17.0. The zero-order valence-corrected chi connectivity index (χ0v) is 19.9. The molecule has 0 radical (unpaired) electrons. The predicted molar refractivity (Wildman–Crippen MR) is 131 cm³/mol. The van der Waals surface area contributed by atoms with Gasteiger partial charge in [0.1, 0.15) is 12.6 Å². The van der Waals surface area contributed by atoms with Crippen LogP contribution in [-0.4, -0.2) is 52.7 Å². The number of aliphatic carboxylic acids is 1. The number of nitrogens with one attached hydrogen (secondary N) is 1. The standard InChI is InChI=1S/C28H32N2O5/c31-25(30-16-8-5-13-24(30)26(32)33)17-28(14-6-7-15-28)29-27(34)35-18-23-21-11-3-1-9-19(21)20-10-2-4-12-22(20)23/h1-4,9-12,23-24H,5-8,13-18H2,(H,29,34)(H,32,33)/t24-/m0/s1. The minimum Gasteiger partial charge on any atom is -0.480 e. The van der Waals surface area contributed by atoms with Gasteiger partial charge in [-0.3, -0.25) is 4.79 Å². The summed E-state index contributed by atoms with van der Waals surface area (Å²) in [5, 5.41) is 12.6. The lowest BCUT2D eigenvalue weighted by atomic mass is 9.91. The maximum absolute atomic E-state index is 13.2. The quantitative estimate of drug-likeness (QED) is 0.630. The first-order valence-corrected chi connectivity index (χ1v) is 12.6. The highest BCUT2D eigenvalue weighted by Crippen LogP contribution is 2.44. The Morgan fingerprint density at radius 2 is 1.57 bits per heavy atom. The van der Waals surface area contributed by atoms with Crippen LogP contribution in [0.4, 0.5) is 4.79 Å². The van der Waals surface area contributed by atoms with Crippen LogP contribution in [0.25, 0.3) is 11.1 Å². The molecule has 35 heavy (non-hydrogen) atoms. The molecule has 3 aliphatic rings. The number of carboxylic acid groups (broad SMARTS) is 1. The fourth-order valence-electron chi connectivity index (χ4n) is 6.13. The Morgan fingerprint density at radius 3 is 2.20 bits per heavy atom. The average Bonchev–Trinajstić information content (AvgIpc) is 3.45. The van der Waals surface area contributed by atoms with Crippen LogP contribution in [0.3, 0.4) is 0 Å². The number of piperidine rings is 1. The topological polar surface area (TPSA) is 95.9 Å². The van der Waals surface area contributed by atoms with E-state index in [1.807, 2.05) is 24.3 Å². The second-order valence-corrected chi connectivity index (χ2v) is 10.1. The van der Waals surface area contributed by atoms with Crippen molar-refractivity contribution >= 4 is 18.0 Å². The lowest BCUT2D eigenvalue weighted by Gasteiger charge is -2.37. The molecule has 1 heterocycles. The normalized spacial score (nSPS) is 20.7. The van der Waals surface area contributed by atoms with E-state index in [9.17, 15) is 19.5 Å². The molecule has 2 fully saturated rings. The van der Waals surface area contributed by atoms with E-state index in [4.69, 9.17) is 4.74 Å². The number of carbonyl (C=O) groups is 3. The van der Waals surface area contributed by atoms with Gasteiger partial charge in [-0.15, -0.1) is 0 Å². The Bertz CT molecular complexity index is 1080. The van der Waals surface area contributed by atoms with Crippen LogP contribution in [0.1, 0.15) is 68.4 Å². The van der Waals surface area contributed by atoms with Crippen molar-refractivity contribution in [3.63, 3.8) is 0 Å². The summed E-state index contributed by atoms with van der Waals surface area (Å²) in [4.78, 5) is 39.3. The Labute approximate surface area is 205 Å². The molecular formula is C28H32N2O5. The van der Waals surface area contributed by atoms with Crippen molar-refractivity contribution in [2.75, 3.05) is 13.2 Å². The van der Waals surface area contributed by atoms with E-state index in [1.54, 1.807) is 0 Å². The Balaban J connectivity index is 1.25. The number of hydrogen-bond acceptors (Lipinski definition) is 4. The first kappa shape index (κ1) is 23.4. The van der Waals surface area contributed by atoms with Gasteiger partial charge in [-0.1, -0.05) is 61.4 Å². The van der Waals surface area contributed by atoms with Gasteiger partial charge in [0.25, 0.3) is 0 Å². The predicted octanol–water partition coefficient (Wildman–Crippen LogP) is 4.69. The van der Waals surface area contributed by atoms with Crippen LogP contribution < -0.4 is 5.32 Å². The van der Waals surface area contributed by atoms with Gasteiger partial charge in [0.2, 0.25) is 5.91 Å². The molecule has 0 unspecified atom stereocenters. The number of alkyl carbamates (subject to hydrolysis) is 1. The van der Waals surface area contributed by atoms with Gasteiger partial charge in [0, 0.05) is 12.5 Å². The van der Waals surface area contributed by atoms with Gasteiger partial charge < -0.3 is 20.1 Å². The zero-order valence-electron chi connectivity index (χ0n) is 19.9. The molecule has 2 amide bonds. The summed E-state index contributed by atoms with van der Waals surface area (Å²) in [6, 6.07) is 15.6. The summed E-state index contributed by atoms with van der Waals surface area (Å²) < 4.78 is 5.74. The zero-order chi connectivity index (χ0) is 24.4. The number of fused-ring (bicyclic) bond motifs is 3. The molecule has 1 saturated heterocycles. The van der Waals surface area contributed by atoms with Crippen molar-refractivity contribution < 1.29 is 24.2 Å². The van der Waals surface area contributed by atoms with E-state index in [1.165, 1.54) is 16.0 Å². The number of hydrogen-bond donors (Lipinski definition) is 2. The van der Waals surface area contributed by atoms with Crippen molar-refractivity contribution in [1.82, 2.24) is 10.2 Å². The summed E-state index contributed by atoms with van der Waals surface area (Å²) >= 11 is 0. The van der Waals surface area contributed by atoms with Crippen LogP contribution in [0, 0.1) is 0 Å². The molecular weight excluding hydrogens is 444 g/mol. The molecule has 2 aromatic carbocycles. The summed E-state index contributed by atoms with van der Waals surface area (Å²) in [5.74, 6) is -1.18. The maximum atomic E-state index is 13.2. The molecule has 7 heteroatoms. The molecule has 1 atom stereocenters. The third-order valence-electron chi connectivity index (χ3n) is 7.87. The van der Waals surface area contributed by atoms with Gasteiger partial charge >= 0.3 is 12.1 Å². The maximum Gasteiger partial charge on any atom is 0.407 e. The summed E-state index contributed by atoms with van der Waals surface area (Å²) in [5.41, 5.74) is 3.96. The van der Waals surface area contributed by atoms with Gasteiger partial charge in [0.15, 0.2) is 0 Å². The van der Waals surface area contributed by atoms with Crippen LogP contribution in [-0.2, 0) is 14.3 Å². The smallest absolute Gasteiger partial charge is 0.407 e. The van der Waals surface area contributed by atoms with E-state index >= 15 is 0 Å². The van der Waals surface area contributed by atoms with Crippen molar-refractivity contribution in [3.8, 4) is 11.1 Å². The van der Waals surface area contributed by atoms with E-state index in [0.29, 0.717) is 25.8 Å². The number of likely N-dealkylation sites (tertiary alicyclic amines) is 1. The lowest BCUT2D eigenvalue weighted by Crippen LogP contribution is -2.54. The van der Waals surface area contributed by atoms with Gasteiger partial charge in [-0.2, -0.15) is 0 Å². The van der Waals surface area contributed by atoms with Gasteiger partial charge in [-0.05, 0) is 54.4 Å².